The Morgan fingerprint density at radius 1 is 1.00 bits per heavy atom. The van der Waals surface area contributed by atoms with Gasteiger partial charge in [-0.25, -0.2) is 8.42 Å². The number of ketones is 1. The van der Waals surface area contributed by atoms with Gasteiger partial charge in [-0.2, -0.15) is 0 Å². The number of sulfone groups is 1. The summed E-state index contributed by atoms with van der Waals surface area (Å²) in [5.74, 6) is -0.942. The summed E-state index contributed by atoms with van der Waals surface area (Å²) in [4.78, 5) is 12.5. The molecule has 0 amide bonds. The normalized spacial score (nSPS) is 12.0. The summed E-state index contributed by atoms with van der Waals surface area (Å²) in [6.07, 6.45) is 0. The van der Waals surface area contributed by atoms with E-state index in [4.69, 9.17) is 0 Å². The average molecular weight is 331 g/mol. The molecule has 0 saturated heterocycles. The number of nitrogens with one attached hydrogen (secondary N) is 1. The van der Waals surface area contributed by atoms with Crippen LogP contribution < -0.4 is 5.32 Å². The van der Waals surface area contributed by atoms with Crippen molar-refractivity contribution in [3.8, 4) is 0 Å². The summed E-state index contributed by atoms with van der Waals surface area (Å²) in [6, 6.07) is 15.0. The van der Waals surface area contributed by atoms with Crippen molar-refractivity contribution in [2.45, 2.75) is 31.2 Å². The second kappa shape index (κ2) is 6.54. The summed E-state index contributed by atoms with van der Waals surface area (Å²) < 4.78 is 24.6. The Balaban J connectivity index is 2.20. The van der Waals surface area contributed by atoms with Crippen molar-refractivity contribution in [3.63, 3.8) is 0 Å². The maximum absolute atomic E-state index is 12.3. The number of hydrogen-bond donors (Lipinski definition) is 1. The van der Waals surface area contributed by atoms with Gasteiger partial charge in [-0.1, -0.05) is 30.3 Å². The van der Waals surface area contributed by atoms with Crippen LogP contribution in [-0.2, 0) is 9.84 Å². The molecule has 0 aliphatic rings. The Hall–Kier alpha value is -2.14. The molecule has 0 heterocycles. The zero-order valence-electron chi connectivity index (χ0n) is 13.5. The fraction of sp³-hybridized carbons (Fsp3) is 0.278. The van der Waals surface area contributed by atoms with Crippen LogP contribution in [0.4, 0.5) is 5.69 Å². The predicted octanol–water partition coefficient (Wildman–Crippen LogP) is 3.55. The third-order valence-electron chi connectivity index (χ3n) is 3.13. The van der Waals surface area contributed by atoms with Crippen LogP contribution in [0.15, 0.2) is 59.5 Å². The van der Waals surface area contributed by atoms with E-state index in [-0.39, 0.29) is 10.4 Å². The summed E-state index contributed by atoms with van der Waals surface area (Å²) >= 11 is 0. The molecule has 0 radical (unpaired) electrons. The molecule has 0 atom stereocenters. The fourth-order valence-corrected chi connectivity index (χ4v) is 3.42. The van der Waals surface area contributed by atoms with Crippen LogP contribution in [0, 0.1) is 0 Å². The second-order valence-electron chi connectivity index (χ2n) is 6.45. The number of benzene rings is 2. The molecule has 2 aromatic rings. The summed E-state index contributed by atoms with van der Waals surface area (Å²) in [7, 11) is -3.63. The van der Waals surface area contributed by atoms with E-state index in [9.17, 15) is 13.2 Å². The van der Waals surface area contributed by atoms with E-state index in [0.717, 1.165) is 5.69 Å². The van der Waals surface area contributed by atoms with E-state index < -0.39 is 21.4 Å². The third kappa shape index (κ3) is 4.93. The Morgan fingerprint density at radius 2 is 1.65 bits per heavy atom. The third-order valence-corrected chi connectivity index (χ3v) is 4.76. The molecular formula is C18H21NO3S. The van der Waals surface area contributed by atoms with Crippen molar-refractivity contribution < 1.29 is 13.2 Å². The summed E-state index contributed by atoms with van der Waals surface area (Å²) in [6.45, 7) is 6.05. The van der Waals surface area contributed by atoms with Crippen LogP contribution in [-0.4, -0.2) is 25.5 Å². The zero-order chi connectivity index (χ0) is 17.1. The quantitative estimate of drug-likeness (QED) is 0.851. The van der Waals surface area contributed by atoms with E-state index in [2.05, 4.69) is 5.32 Å². The molecular weight excluding hydrogens is 310 g/mol. The molecule has 4 nitrogen and oxygen atoms in total. The molecule has 2 rings (SSSR count). The lowest BCUT2D eigenvalue weighted by Gasteiger charge is -2.22. The predicted molar refractivity (Wildman–Crippen MR) is 92.6 cm³/mol. The maximum atomic E-state index is 12.3. The number of hydrogen-bond acceptors (Lipinski definition) is 4. The molecule has 0 fully saturated rings. The topological polar surface area (TPSA) is 63.2 Å². The highest BCUT2D eigenvalue weighted by molar-refractivity contribution is 7.92. The van der Waals surface area contributed by atoms with Crippen LogP contribution in [0.1, 0.15) is 31.1 Å². The van der Waals surface area contributed by atoms with E-state index in [1.807, 2.05) is 26.8 Å². The highest BCUT2D eigenvalue weighted by atomic mass is 32.2. The van der Waals surface area contributed by atoms with Crippen molar-refractivity contribution in [3.05, 3.63) is 60.2 Å². The lowest BCUT2D eigenvalue weighted by atomic mass is 10.1. The van der Waals surface area contributed by atoms with Gasteiger partial charge in [-0.05, 0) is 45.0 Å². The lowest BCUT2D eigenvalue weighted by Crippen LogP contribution is -2.26. The first-order chi connectivity index (χ1) is 10.7. The number of carbonyl (C=O) groups is 1. The number of rotatable bonds is 5. The molecule has 0 aliphatic carbocycles. The highest BCUT2D eigenvalue weighted by Crippen LogP contribution is 2.18. The van der Waals surface area contributed by atoms with Crippen LogP contribution in [0.3, 0.4) is 0 Å². The van der Waals surface area contributed by atoms with E-state index in [1.54, 1.807) is 36.4 Å². The molecule has 0 bridgehead atoms. The smallest absolute Gasteiger partial charge is 0.185 e. The number of Topliss-reactive ketones (excluding diaryl/α,β-unsaturated/α-hetero) is 1. The Labute approximate surface area is 137 Å². The van der Waals surface area contributed by atoms with Gasteiger partial charge in [-0.15, -0.1) is 0 Å². The van der Waals surface area contributed by atoms with Crippen molar-refractivity contribution in [2.75, 3.05) is 11.1 Å². The van der Waals surface area contributed by atoms with Gasteiger partial charge in [0.2, 0.25) is 0 Å². The standard InChI is InChI=1S/C18H21NO3S/c1-18(2,3)19-15-9-7-8-14(12-15)17(20)13-23(21,22)16-10-5-4-6-11-16/h4-12,19H,13H2,1-3H3. The maximum Gasteiger partial charge on any atom is 0.185 e. The first-order valence-corrected chi connectivity index (χ1v) is 9.02. The Bertz CT molecular complexity index is 791. The van der Waals surface area contributed by atoms with E-state index in [1.165, 1.54) is 12.1 Å². The molecule has 0 unspecified atom stereocenters. The largest absolute Gasteiger partial charge is 0.380 e. The van der Waals surface area contributed by atoms with Crippen LogP contribution in [0.2, 0.25) is 0 Å². The van der Waals surface area contributed by atoms with Crippen molar-refractivity contribution in [2.24, 2.45) is 0 Å². The van der Waals surface area contributed by atoms with E-state index in [0.29, 0.717) is 5.56 Å². The Kier molecular flexibility index (Phi) is 4.90. The molecule has 0 spiro atoms. The molecule has 5 heteroatoms. The minimum Gasteiger partial charge on any atom is -0.380 e. The lowest BCUT2D eigenvalue weighted by molar-refractivity contribution is 0.102. The van der Waals surface area contributed by atoms with Crippen LogP contribution in [0.25, 0.3) is 0 Å². The van der Waals surface area contributed by atoms with E-state index >= 15 is 0 Å². The highest BCUT2D eigenvalue weighted by Gasteiger charge is 2.20. The van der Waals surface area contributed by atoms with Crippen LogP contribution >= 0.6 is 0 Å². The molecule has 23 heavy (non-hydrogen) atoms. The molecule has 2 aromatic carbocycles. The number of anilines is 1. The average Bonchev–Trinajstić information content (AvgIpc) is 2.46. The first kappa shape index (κ1) is 17.2. The van der Waals surface area contributed by atoms with Crippen molar-refractivity contribution in [1.82, 2.24) is 0 Å². The monoisotopic (exact) mass is 331 g/mol. The van der Waals surface area contributed by atoms with Gasteiger partial charge in [-0.3, -0.25) is 4.79 Å². The van der Waals surface area contributed by atoms with Gasteiger partial charge < -0.3 is 5.32 Å². The van der Waals surface area contributed by atoms with Gasteiger partial charge in [0.25, 0.3) is 0 Å². The molecule has 122 valence electrons. The van der Waals surface area contributed by atoms with Gasteiger partial charge in [0, 0.05) is 16.8 Å². The number of carbonyl (C=O) groups excluding carboxylic acids is 1. The minimum atomic E-state index is -3.63. The van der Waals surface area contributed by atoms with Gasteiger partial charge in [0.15, 0.2) is 15.6 Å². The van der Waals surface area contributed by atoms with Gasteiger partial charge in [0.1, 0.15) is 5.75 Å². The second-order valence-corrected chi connectivity index (χ2v) is 8.44. The molecule has 0 aromatic heterocycles. The van der Waals surface area contributed by atoms with Crippen LogP contribution in [0.5, 0.6) is 0 Å². The molecule has 0 saturated carbocycles. The molecule has 0 aliphatic heterocycles. The van der Waals surface area contributed by atoms with Crippen molar-refractivity contribution >= 4 is 21.3 Å². The summed E-state index contributed by atoms with van der Waals surface area (Å²) in [5, 5.41) is 3.27. The fourth-order valence-electron chi connectivity index (χ4n) is 2.17. The SMILES string of the molecule is CC(C)(C)Nc1cccc(C(=O)CS(=O)(=O)c2ccccc2)c1. The minimum absolute atomic E-state index is 0.141. The zero-order valence-corrected chi connectivity index (χ0v) is 14.4. The van der Waals surface area contributed by atoms with Gasteiger partial charge in [0.05, 0.1) is 4.90 Å². The first-order valence-electron chi connectivity index (χ1n) is 7.37. The van der Waals surface area contributed by atoms with Gasteiger partial charge >= 0.3 is 0 Å². The molecule has 1 N–H and O–H groups in total. The Morgan fingerprint density at radius 3 is 2.26 bits per heavy atom. The van der Waals surface area contributed by atoms with Crippen molar-refractivity contribution in [1.29, 1.82) is 0 Å². The summed E-state index contributed by atoms with van der Waals surface area (Å²) in [5.41, 5.74) is 1.04.